The lowest BCUT2D eigenvalue weighted by molar-refractivity contribution is 0.0414. The Morgan fingerprint density at radius 2 is 0.672 bits per heavy atom. The zero-order chi connectivity index (χ0) is 41.9. The SMILES string of the molecule is COC(=O)c1c(C(=O)C(C)(C)C)c(=O)n2n1C(c1ccccc1)(c1ccccc1)n1c(=O)c(C(=O)C(C)(C)C)c(C(=O)OC)n1C2(c1ccccc1)c1ccccc1. The van der Waals surface area contributed by atoms with Crippen LogP contribution in [0.25, 0.3) is 0 Å². The molecule has 12 heteroatoms. The summed E-state index contributed by atoms with van der Waals surface area (Å²) in [5.41, 5.74) is -9.09. The number of hydrogen-bond acceptors (Lipinski definition) is 8. The van der Waals surface area contributed by atoms with Crippen LogP contribution in [0.5, 0.6) is 0 Å². The summed E-state index contributed by atoms with van der Waals surface area (Å²) in [6.45, 7) is 9.80. The zero-order valence-electron chi connectivity index (χ0n) is 33.6. The van der Waals surface area contributed by atoms with Gasteiger partial charge >= 0.3 is 11.9 Å². The first kappa shape index (κ1) is 39.4. The van der Waals surface area contributed by atoms with E-state index in [1.165, 1.54) is 18.7 Å². The van der Waals surface area contributed by atoms with Crippen molar-refractivity contribution in [2.75, 3.05) is 14.2 Å². The van der Waals surface area contributed by atoms with Gasteiger partial charge in [0.05, 0.1) is 14.2 Å². The average molecular weight is 781 g/mol. The number of ketones is 2. The third-order valence-corrected chi connectivity index (χ3v) is 10.6. The van der Waals surface area contributed by atoms with E-state index >= 15 is 9.59 Å². The molecule has 12 nitrogen and oxygen atoms in total. The van der Waals surface area contributed by atoms with Crippen molar-refractivity contribution in [3.63, 3.8) is 0 Å². The van der Waals surface area contributed by atoms with Crippen LogP contribution in [-0.4, -0.2) is 56.5 Å². The predicted molar refractivity (Wildman–Crippen MR) is 217 cm³/mol. The smallest absolute Gasteiger partial charge is 0.357 e. The van der Waals surface area contributed by atoms with Crippen molar-refractivity contribution in [2.45, 2.75) is 52.9 Å². The standard InChI is InChI=1S/C46H44N4O8/c1-43(2,3)37(51)33-35(41(55)57-7)47-45(29-21-13-9-14-22-29,30-23-15-10-16-24-30)50-40(54)34(38(52)44(4,5)6)36(42(56)58-8)48(50)46(49(47)39(33)53,31-25-17-11-18-26-31)32-27-19-12-20-28-32/h9-28H,1-8H3. The highest BCUT2D eigenvalue weighted by Crippen LogP contribution is 2.48. The van der Waals surface area contributed by atoms with Gasteiger partial charge in [-0.25, -0.2) is 28.3 Å². The molecule has 6 aromatic rings. The molecular formula is C46H44N4O8. The summed E-state index contributed by atoms with van der Waals surface area (Å²) in [5, 5.41) is 0. The Bertz CT molecular complexity index is 2440. The Labute approximate surface area is 334 Å². The number of benzene rings is 4. The first-order valence-corrected chi connectivity index (χ1v) is 18.8. The average Bonchev–Trinajstić information content (AvgIpc) is 3.71. The van der Waals surface area contributed by atoms with E-state index in [1.807, 2.05) is 0 Å². The van der Waals surface area contributed by atoms with Gasteiger partial charge in [0, 0.05) is 33.1 Å². The van der Waals surface area contributed by atoms with Crippen molar-refractivity contribution in [1.82, 2.24) is 18.7 Å². The summed E-state index contributed by atoms with van der Waals surface area (Å²) in [4.78, 5) is 91.1. The molecule has 0 amide bonds. The highest BCUT2D eigenvalue weighted by Gasteiger charge is 2.61. The lowest BCUT2D eigenvalue weighted by Gasteiger charge is -2.52. The van der Waals surface area contributed by atoms with Gasteiger partial charge in [-0.15, -0.1) is 0 Å². The van der Waals surface area contributed by atoms with E-state index in [4.69, 9.17) is 9.47 Å². The van der Waals surface area contributed by atoms with Crippen LogP contribution >= 0.6 is 0 Å². The Balaban J connectivity index is 1.98. The number of aromatic nitrogens is 4. The number of hydrogen-bond donors (Lipinski definition) is 0. The van der Waals surface area contributed by atoms with Gasteiger partial charge in [-0.05, 0) is 0 Å². The normalized spacial score (nSPS) is 14.2. The van der Waals surface area contributed by atoms with Gasteiger partial charge in [0.2, 0.25) is 11.3 Å². The van der Waals surface area contributed by atoms with Crippen molar-refractivity contribution in [3.8, 4) is 0 Å². The van der Waals surface area contributed by atoms with Crippen LogP contribution < -0.4 is 11.1 Å². The highest BCUT2D eigenvalue weighted by molar-refractivity contribution is 6.09. The minimum absolute atomic E-state index is 0.326. The summed E-state index contributed by atoms with van der Waals surface area (Å²) >= 11 is 0. The van der Waals surface area contributed by atoms with Crippen LogP contribution in [0.15, 0.2) is 131 Å². The fraction of sp³-hybridized carbons (Fsp3) is 0.261. The van der Waals surface area contributed by atoms with Crippen molar-refractivity contribution in [1.29, 1.82) is 0 Å². The quantitative estimate of drug-likeness (QED) is 0.125. The number of Topliss-reactive ketones (excluding diaryl/α,β-unsaturated/α-hetero) is 2. The van der Waals surface area contributed by atoms with Gasteiger partial charge < -0.3 is 9.47 Å². The summed E-state index contributed by atoms with van der Waals surface area (Å²) in [6, 6.07) is 34.5. The van der Waals surface area contributed by atoms with E-state index in [0.717, 1.165) is 14.2 Å². The molecule has 1 aliphatic heterocycles. The first-order chi connectivity index (χ1) is 27.5. The molecule has 0 fully saturated rings. The number of ether oxygens (including phenoxy) is 2. The molecule has 0 radical (unpaired) electrons. The molecule has 0 atom stereocenters. The van der Waals surface area contributed by atoms with Crippen LogP contribution in [0.3, 0.4) is 0 Å². The molecule has 3 heterocycles. The molecule has 58 heavy (non-hydrogen) atoms. The predicted octanol–water partition coefficient (Wildman–Crippen LogP) is 6.55. The summed E-state index contributed by atoms with van der Waals surface area (Å²) in [7, 11) is 2.29. The Kier molecular flexibility index (Phi) is 9.50. The minimum atomic E-state index is -2.13. The first-order valence-electron chi connectivity index (χ1n) is 18.8. The van der Waals surface area contributed by atoms with Crippen LogP contribution in [0, 0.1) is 10.8 Å². The van der Waals surface area contributed by atoms with Gasteiger partial charge in [-0.3, -0.25) is 19.2 Å². The number of fused-ring (bicyclic) bond motifs is 2. The van der Waals surface area contributed by atoms with E-state index in [2.05, 4.69) is 0 Å². The third-order valence-electron chi connectivity index (χ3n) is 10.6. The molecule has 7 rings (SSSR count). The van der Waals surface area contributed by atoms with E-state index in [0.29, 0.717) is 22.3 Å². The molecule has 4 aromatic carbocycles. The fourth-order valence-electron chi connectivity index (χ4n) is 8.11. The topological polar surface area (TPSA) is 141 Å². The van der Waals surface area contributed by atoms with Crippen LogP contribution in [0.4, 0.5) is 0 Å². The second-order valence-corrected chi connectivity index (χ2v) is 16.3. The molecule has 0 saturated heterocycles. The second-order valence-electron chi connectivity index (χ2n) is 16.3. The maximum atomic E-state index is 16.0. The van der Waals surface area contributed by atoms with Crippen LogP contribution in [0.1, 0.15) is 105 Å². The monoisotopic (exact) mass is 780 g/mol. The highest BCUT2D eigenvalue weighted by atomic mass is 16.5. The number of methoxy groups -OCH3 is 2. The molecule has 2 aromatic heterocycles. The second kappa shape index (κ2) is 14.0. The number of esters is 2. The van der Waals surface area contributed by atoms with E-state index in [1.54, 1.807) is 163 Å². The molecule has 0 saturated carbocycles. The molecular weight excluding hydrogens is 737 g/mol. The van der Waals surface area contributed by atoms with Crippen LogP contribution in [-0.2, 0) is 20.8 Å². The molecule has 296 valence electrons. The lowest BCUT2D eigenvalue weighted by atomic mass is 9.85. The Morgan fingerprint density at radius 3 is 0.879 bits per heavy atom. The number of nitrogens with zero attached hydrogens (tertiary/aromatic N) is 4. The van der Waals surface area contributed by atoms with Gasteiger partial charge in [0.15, 0.2) is 23.0 Å². The molecule has 0 aliphatic carbocycles. The van der Waals surface area contributed by atoms with Crippen molar-refractivity contribution < 1.29 is 28.7 Å². The molecule has 1 aliphatic rings. The van der Waals surface area contributed by atoms with E-state index in [-0.39, 0.29) is 0 Å². The van der Waals surface area contributed by atoms with Gasteiger partial charge in [0.25, 0.3) is 11.1 Å². The van der Waals surface area contributed by atoms with Gasteiger partial charge in [-0.2, -0.15) is 0 Å². The van der Waals surface area contributed by atoms with Gasteiger partial charge in [0.1, 0.15) is 11.1 Å². The lowest BCUT2D eigenvalue weighted by Crippen LogP contribution is -2.67. The third kappa shape index (κ3) is 5.42. The number of carbonyl (C=O) groups is 4. The zero-order valence-corrected chi connectivity index (χ0v) is 33.6. The Morgan fingerprint density at radius 1 is 0.431 bits per heavy atom. The number of rotatable bonds is 8. The van der Waals surface area contributed by atoms with Crippen LogP contribution in [0.2, 0.25) is 0 Å². The maximum absolute atomic E-state index is 16.0. The minimum Gasteiger partial charge on any atom is -0.464 e. The van der Waals surface area contributed by atoms with Crippen molar-refractivity contribution in [3.05, 3.63) is 187 Å². The Hall–Kier alpha value is -6.82. The molecule has 0 bridgehead atoms. The maximum Gasteiger partial charge on any atom is 0.357 e. The van der Waals surface area contributed by atoms with E-state index < -0.39 is 79.3 Å². The molecule has 0 spiro atoms. The summed E-state index contributed by atoms with van der Waals surface area (Å²) < 4.78 is 16.2. The molecule has 0 unspecified atom stereocenters. The van der Waals surface area contributed by atoms with E-state index in [9.17, 15) is 19.2 Å². The van der Waals surface area contributed by atoms with Crippen molar-refractivity contribution in [2.24, 2.45) is 10.8 Å². The fourth-order valence-corrected chi connectivity index (χ4v) is 8.11. The largest absolute Gasteiger partial charge is 0.464 e. The molecule has 0 N–H and O–H groups in total. The van der Waals surface area contributed by atoms with Crippen molar-refractivity contribution >= 4 is 23.5 Å². The van der Waals surface area contributed by atoms with Gasteiger partial charge in [-0.1, -0.05) is 163 Å². The summed E-state index contributed by atoms with van der Waals surface area (Å²) in [6.07, 6.45) is 0. The summed E-state index contributed by atoms with van der Waals surface area (Å²) in [5.74, 6) is -3.43. The number of carbonyl (C=O) groups excluding carboxylic acids is 4.